The molecule has 0 aliphatic heterocycles. The zero-order chi connectivity index (χ0) is 14.8. The number of hydrogen-bond acceptors (Lipinski definition) is 3. The van der Waals surface area contributed by atoms with Crippen molar-refractivity contribution in [2.45, 2.75) is 37.6 Å². The van der Waals surface area contributed by atoms with Crippen molar-refractivity contribution in [3.63, 3.8) is 0 Å². The molecule has 19 heavy (non-hydrogen) atoms. The third-order valence-corrected chi connectivity index (χ3v) is 5.07. The number of carbonyl (C=O) groups is 1. The molecule has 0 aliphatic rings. The highest BCUT2D eigenvalue weighted by molar-refractivity contribution is 7.89. The number of likely N-dealkylation sites (N-methyl/N-ethyl adjacent to an activating group) is 1. The minimum atomic E-state index is -3.77. The Morgan fingerprint density at radius 2 is 1.63 bits per heavy atom. The molecule has 106 valence electrons. The second-order valence-corrected chi connectivity index (χ2v) is 6.76. The third kappa shape index (κ3) is 3.33. The van der Waals surface area contributed by atoms with E-state index in [1.807, 2.05) is 13.8 Å². The molecule has 0 amide bonds. The van der Waals surface area contributed by atoms with Gasteiger partial charge in [0.1, 0.15) is 6.04 Å². The zero-order valence-electron chi connectivity index (χ0n) is 11.5. The number of rotatable bonds is 5. The second kappa shape index (κ2) is 5.71. The monoisotopic (exact) mass is 285 g/mol. The van der Waals surface area contributed by atoms with Crippen LogP contribution in [0.25, 0.3) is 0 Å². The van der Waals surface area contributed by atoms with Crippen molar-refractivity contribution >= 4 is 16.0 Å². The molecule has 1 aromatic carbocycles. The van der Waals surface area contributed by atoms with Crippen LogP contribution in [0.4, 0.5) is 0 Å². The van der Waals surface area contributed by atoms with E-state index in [2.05, 4.69) is 0 Å². The first-order chi connectivity index (χ1) is 8.67. The zero-order valence-corrected chi connectivity index (χ0v) is 12.3. The summed E-state index contributed by atoms with van der Waals surface area (Å²) in [4.78, 5) is 11.0. The molecule has 0 saturated carbocycles. The van der Waals surface area contributed by atoms with E-state index in [9.17, 15) is 13.2 Å². The van der Waals surface area contributed by atoms with Crippen LogP contribution in [0.3, 0.4) is 0 Å². The Morgan fingerprint density at radius 1 is 1.16 bits per heavy atom. The minimum Gasteiger partial charge on any atom is -0.480 e. The number of carboxylic acids is 1. The standard InChI is InChI=1S/C13H19NO4S/c1-9(2)11-5-7-12(8-6-11)19(17,18)14(4)10(3)13(15)16/h5-10H,1-4H3,(H,15,16). The molecule has 1 N–H and O–H groups in total. The van der Waals surface area contributed by atoms with Crippen LogP contribution in [0.1, 0.15) is 32.3 Å². The fraction of sp³-hybridized carbons (Fsp3) is 0.462. The summed E-state index contributed by atoms with van der Waals surface area (Å²) in [6.07, 6.45) is 0. The lowest BCUT2D eigenvalue weighted by Crippen LogP contribution is -2.40. The summed E-state index contributed by atoms with van der Waals surface area (Å²) in [6.45, 7) is 5.37. The van der Waals surface area contributed by atoms with Gasteiger partial charge in [0, 0.05) is 7.05 Å². The molecule has 0 aliphatic carbocycles. The molecule has 1 aromatic rings. The van der Waals surface area contributed by atoms with Gasteiger partial charge in [-0.2, -0.15) is 4.31 Å². The van der Waals surface area contributed by atoms with E-state index >= 15 is 0 Å². The molecule has 0 aromatic heterocycles. The van der Waals surface area contributed by atoms with Gasteiger partial charge in [0.05, 0.1) is 4.90 Å². The van der Waals surface area contributed by atoms with Gasteiger partial charge in [-0.25, -0.2) is 8.42 Å². The molecule has 0 radical (unpaired) electrons. The summed E-state index contributed by atoms with van der Waals surface area (Å²) in [7, 11) is -2.50. The molecule has 5 nitrogen and oxygen atoms in total. The Kier molecular flexibility index (Phi) is 4.70. The first-order valence-corrected chi connectivity index (χ1v) is 7.42. The number of benzene rings is 1. The van der Waals surface area contributed by atoms with E-state index < -0.39 is 22.0 Å². The van der Waals surface area contributed by atoms with Crippen LogP contribution in [0, 0.1) is 0 Å². The van der Waals surface area contributed by atoms with Gasteiger partial charge in [-0.15, -0.1) is 0 Å². The molecule has 6 heteroatoms. The summed E-state index contributed by atoms with van der Waals surface area (Å²) in [6, 6.07) is 5.41. The Bertz CT molecular complexity index is 549. The first-order valence-electron chi connectivity index (χ1n) is 5.98. The number of carboxylic acid groups (broad SMARTS) is 1. The van der Waals surface area contributed by atoms with E-state index in [0.717, 1.165) is 9.87 Å². The molecule has 0 bridgehead atoms. The highest BCUT2D eigenvalue weighted by atomic mass is 32.2. The number of hydrogen-bond donors (Lipinski definition) is 1. The van der Waals surface area contributed by atoms with Gasteiger partial charge in [-0.05, 0) is 30.5 Å². The van der Waals surface area contributed by atoms with Crippen LogP contribution in [-0.2, 0) is 14.8 Å². The van der Waals surface area contributed by atoms with Crippen molar-refractivity contribution in [3.05, 3.63) is 29.8 Å². The highest BCUT2D eigenvalue weighted by Gasteiger charge is 2.29. The van der Waals surface area contributed by atoms with Crippen LogP contribution in [0.5, 0.6) is 0 Å². The van der Waals surface area contributed by atoms with Gasteiger partial charge in [-0.1, -0.05) is 26.0 Å². The predicted octanol–water partition coefficient (Wildman–Crippen LogP) is 1.90. The topological polar surface area (TPSA) is 74.7 Å². The van der Waals surface area contributed by atoms with Gasteiger partial charge >= 0.3 is 5.97 Å². The maximum absolute atomic E-state index is 12.2. The fourth-order valence-corrected chi connectivity index (χ4v) is 2.87. The average molecular weight is 285 g/mol. The number of sulfonamides is 1. The molecular formula is C13H19NO4S. The summed E-state index contributed by atoms with van der Waals surface area (Å²) < 4.78 is 25.3. The van der Waals surface area contributed by atoms with E-state index in [4.69, 9.17) is 5.11 Å². The normalized spacial score (nSPS) is 13.8. The Morgan fingerprint density at radius 3 is 2.00 bits per heavy atom. The lowest BCUT2D eigenvalue weighted by Gasteiger charge is -2.21. The van der Waals surface area contributed by atoms with E-state index in [1.165, 1.54) is 26.1 Å². The smallest absolute Gasteiger partial charge is 0.321 e. The van der Waals surface area contributed by atoms with E-state index in [0.29, 0.717) is 5.92 Å². The molecule has 1 atom stereocenters. The minimum absolute atomic E-state index is 0.104. The maximum Gasteiger partial charge on any atom is 0.321 e. The average Bonchev–Trinajstić information content (AvgIpc) is 2.36. The van der Waals surface area contributed by atoms with Crippen LogP contribution in [0.2, 0.25) is 0 Å². The number of aliphatic carboxylic acids is 1. The van der Waals surface area contributed by atoms with E-state index in [1.54, 1.807) is 12.1 Å². The Hall–Kier alpha value is -1.40. The molecule has 1 unspecified atom stereocenters. The lowest BCUT2D eigenvalue weighted by molar-refractivity contribution is -0.140. The van der Waals surface area contributed by atoms with E-state index in [-0.39, 0.29) is 4.90 Å². The second-order valence-electron chi connectivity index (χ2n) is 4.76. The van der Waals surface area contributed by atoms with Crippen LogP contribution in [-0.4, -0.2) is 36.9 Å². The highest BCUT2D eigenvalue weighted by Crippen LogP contribution is 2.20. The SMILES string of the molecule is CC(C)c1ccc(S(=O)(=O)N(C)C(C)C(=O)O)cc1. The molecular weight excluding hydrogens is 266 g/mol. The van der Waals surface area contributed by atoms with Gasteiger partial charge < -0.3 is 5.11 Å². The van der Waals surface area contributed by atoms with Crippen LogP contribution in [0.15, 0.2) is 29.2 Å². The third-order valence-electron chi connectivity index (χ3n) is 3.13. The number of nitrogens with zero attached hydrogens (tertiary/aromatic N) is 1. The van der Waals surface area contributed by atoms with Crippen LogP contribution < -0.4 is 0 Å². The Balaban J connectivity index is 3.10. The van der Waals surface area contributed by atoms with Gasteiger partial charge in [0.2, 0.25) is 10.0 Å². The summed E-state index contributed by atoms with van der Waals surface area (Å²) in [5, 5.41) is 8.87. The van der Waals surface area contributed by atoms with Crippen molar-refractivity contribution in [2.24, 2.45) is 0 Å². The van der Waals surface area contributed by atoms with Crippen molar-refractivity contribution in [2.75, 3.05) is 7.05 Å². The Labute approximate surface area is 113 Å². The maximum atomic E-state index is 12.2. The van der Waals surface area contributed by atoms with Crippen LogP contribution >= 0.6 is 0 Å². The largest absolute Gasteiger partial charge is 0.480 e. The lowest BCUT2D eigenvalue weighted by atomic mass is 10.0. The van der Waals surface area contributed by atoms with Crippen molar-refractivity contribution in [1.29, 1.82) is 0 Å². The molecule has 1 rings (SSSR count). The fourth-order valence-electron chi connectivity index (χ4n) is 1.55. The van der Waals surface area contributed by atoms with Crippen molar-refractivity contribution < 1.29 is 18.3 Å². The first kappa shape index (κ1) is 15.7. The summed E-state index contributed by atoms with van der Waals surface area (Å²) >= 11 is 0. The summed E-state index contributed by atoms with van der Waals surface area (Å²) in [5.41, 5.74) is 1.04. The van der Waals surface area contributed by atoms with Gasteiger partial charge in [0.25, 0.3) is 0 Å². The quantitative estimate of drug-likeness (QED) is 0.896. The van der Waals surface area contributed by atoms with Gasteiger partial charge in [0.15, 0.2) is 0 Å². The van der Waals surface area contributed by atoms with Gasteiger partial charge in [-0.3, -0.25) is 4.79 Å². The van der Waals surface area contributed by atoms with Crippen molar-refractivity contribution in [3.8, 4) is 0 Å². The molecule has 0 spiro atoms. The molecule has 0 saturated heterocycles. The molecule has 0 fully saturated rings. The summed E-state index contributed by atoms with van der Waals surface area (Å²) in [5.74, 6) is -0.864. The molecule has 0 heterocycles. The van der Waals surface area contributed by atoms with Crippen molar-refractivity contribution in [1.82, 2.24) is 4.31 Å². The predicted molar refractivity (Wildman–Crippen MR) is 72.6 cm³/mol.